The maximum Gasteiger partial charge on any atom is 0.352 e. The SMILES string of the molecule is Cc1cc(F)ccc1CCn1cc(Br)cc1C(=O)O. The molecule has 0 aliphatic rings. The lowest BCUT2D eigenvalue weighted by molar-refractivity contribution is 0.0685. The summed E-state index contributed by atoms with van der Waals surface area (Å²) in [5, 5.41) is 9.08. The van der Waals surface area contributed by atoms with Gasteiger partial charge >= 0.3 is 5.97 Å². The molecule has 0 aliphatic carbocycles. The molecule has 1 N–H and O–H groups in total. The molecule has 0 saturated heterocycles. The first-order chi connectivity index (χ1) is 8.97. The van der Waals surface area contributed by atoms with Crippen LogP contribution in [0.2, 0.25) is 0 Å². The Balaban J connectivity index is 2.16. The molecule has 0 aliphatic heterocycles. The van der Waals surface area contributed by atoms with E-state index in [-0.39, 0.29) is 11.5 Å². The molecule has 3 nitrogen and oxygen atoms in total. The highest BCUT2D eigenvalue weighted by atomic mass is 79.9. The fourth-order valence-electron chi connectivity index (χ4n) is 2.02. The molecule has 0 unspecified atom stereocenters. The molecule has 0 bridgehead atoms. The Morgan fingerprint density at radius 1 is 1.42 bits per heavy atom. The molecule has 0 saturated carbocycles. The summed E-state index contributed by atoms with van der Waals surface area (Å²) < 4.78 is 15.4. The minimum Gasteiger partial charge on any atom is -0.477 e. The number of aromatic carboxylic acids is 1. The largest absolute Gasteiger partial charge is 0.477 e. The van der Waals surface area contributed by atoms with E-state index in [1.165, 1.54) is 12.1 Å². The molecule has 19 heavy (non-hydrogen) atoms. The quantitative estimate of drug-likeness (QED) is 0.932. The van der Waals surface area contributed by atoms with Gasteiger partial charge in [-0.1, -0.05) is 6.07 Å². The van der Waals surface area contributed by atoms with E-state index in [9.17, 15) is 9.18 Å². The highest BCUT2D eigenvalue weighted by Gasteiger charge is 2.11. The monoisotopic (exact) mass is 325 g/mol. The zero-order valence-electron chi connectivity index (χ0n) is 10.4. The molecule has 1 heterocycles. The topological polar surface area (TPSA) is 42.2 Å². The minimum absolute atomic E-state index is 0.242. The molecule has 1 aromatic heterocycles. The Morgan fingerprint density at radius 2 is 2.16 bits per heavy atom. The lowest BCUT2D eigenvalue weighted by Crippen LogP contribution is -2.09. The number of hydrogen-bond acceptors (Lipinski definition) is 1. The van der Waals surface area contributed by atoms with Crippen LogP contribution < -0.4 is 0 Å². The van der Waals surface area contributed by atoms with Crippen LogP contribution in [0, 0.1) is 12.7 Å². The zero-order valence-corrected chi connectivity index (χ0v) is 11.9. The van der Waals surface area contributed by atoms with Gasteiger partial charge in [0.15, 0.2) is 0 Å². The van der Waals surface area contributed by atoms with Gasteiger partial charge in [-0.05, 0) is 58.6 Å². The van der Waals surface area contributed by atoms with Crippen molar-refractivity contribution in [3.05, 3.63) is 57.6 Å². The van der Waals surface area contributed by atoms with Gasteiger partial charge in [-0.2, -0.15) is 0 Å². The van der Waals surface area contributed by atoms with Crippen LogP contribution in [0.5, 0.6) is 0 Å². The molecule has 2 aromatic rings. The predicted octanol–water partition coefficient (Wildman–Crippen LogP) is 3.64. The Bertz CT molecular complexity index is 622. The van der Waals surface area contributed by atoms with Gasteiger partial charge in [-0.3, -0.25) is 0 Å². The molecule has 100 valence electrons. The van der Waals surface area contributed by atoms with Gasteiger partial charge in [0.05, 0.1) is 0 Å². The highest BCUT2D eigenvalue weighted by molar-refractivity contribution is 9.10. The van der Waals surface area contributed by atoms with E-state index in [0.29, 0.717) is 13.0 Å². The Morgan fingerprint density at radius 3 is 2.79 bits per heavy atom. The van der Waals surface area contributed by atoms with Crippen molar-refractivity contribution in [3.8, 4) is 0 Å². The summed E-state index contributed by atoms with van der Waals surface area (Å²) >= 11 is 3.27. The van der Waals surface area contributed by atoms with Crippen LogP contribution in [0.3, 0.4) is 0 Å². The van der Waals surface area contributed by atoms with Crippen molar-refractivity contribution in [1.29, 1.82) is 0 Å². The van der Waals surface area contributed by atoms with Crippen molar-refractivity contribution in [2.75, 3.05) is 0 Å². The third kappa shape index (κ3) is 3.23. The normalized spacial score (nSPS) is 10.7. The van der Waals surface area contributed by atoms with E-state index >= 15 is 0 Å². The summed E-state index contributed by atoms with van der Waals surface area (Å²) in [5.74, 6) is -1.21. The molecule has 0 spiro atoms. The van der Waals surface area contributed by atoms with Crippen LogP contribution >= 0.6 is 15.9 Å². The number of rotatable bonds is 4. The third-order valence-electron chi connectivity index (χ3n) is 3.01. The number of nitrogens with zero attached hydrogens (tertiary/aromatic N) is 1. The third-order valence-corrected chi connectivity index (χ3v) is 3.44. The summed E-state index contributed by atoms with van der Waals surface area (Å²) in [4.78, 5) is 11.1. The second-order valence-corrected chi connectivity index (χ2v) is 5.28. The number of benzene rings is 1. The maximum absolute atomic E-state index is 13.0. The smallest absolute Gasteiger partial charge is 0.352 e. The van der Waals surface area contributed by atoms with Crippen LogP contribution in [-0.4, -0.2) is 15.6 Å². The molecular weight excluding hydrogens is 313 g/mol. The van der Waals surface area contributed by atoms with Crippen molar-refractivity contribution in [2.24, 2.45) is 0 Å². The fourth-order valence-corrected chi connectivity index (χ4v) is 2.48. The number of aromatic nitrogens is 1. The predicted molar refractivity (Wildman–Crippen MR) is 73.9 cm³/mol. The summed E-state index contributed by atoms with van der Waals surface area (Å²) in [7, 11) is 0. The van der Waals surface area contributed by atoms with Gasteiger partial charge in [-0.15, -0.1) is 0 Å². The number of halogens is 2. The maximum atomic E-state index is 13.0. The number of carboxylic acids is 1. The van der Waals surface area contributed by atoms with E-state index < -0.39 is 5.97 Å². The number of hydrogen-bond donors (Lipinski definition) is 1. The van der Waals surface area contributed by atoms with Crippen LogP contribution in [-0.2, 0) is 13.0 Å². The molecule has 0 atom stereocenters. The number of aryl methyl sites for hydroxylation is 3. The minimum atomic E-state index is -0.957. The van der Waals surface area contributed by atoms with E-state index in [0.717, 1.165) is 15.6 Å². The highest BCUT2D eigenvalue weighted by Crippen LogP contribution is 2.17. The second kappa shape index (κ2) is 5.57. The van der Waals surface area contributed by atoms with Gasteiger partial charge in [0.2, 0.25) is 0 Å². The first-order valence-corrected chi connectivity index (χ1v) is 6.60. The van der Waals surface area contributed by atoms with Crippen molar-refractivity contribution in [2.45, 2.75) is 19.9 Å². The Hall–Kier alpha value is -1.62. The zero-order chi connectivity index (χ0) is 14.0. The van der Waals surface area contributed by atoms with Gasteiger partial charge in [0.25, 0.3) is 0 Å². The number of carbonyl (C=O) groups is 1. The van der Waals surface area contributed by atoms with Crippen molar-refractivity contribution < 1.29 is 14.3 Å². The van der Waals surface area contributed by atoms with Crippen LogP contribution in [0.4, 0.5) is 4.39 Å². The first kappa shape index (κ1) is 13.8. The van der Waals surface area contributed by atoms with Crippen LogP contribution in [0.25, 0.3) is 0 Å². The number of carboxylic acid groups (broad SMARTS) is 1. The molecule has 0 amide bonds. The molecular formula is C14H13BrFNO2. The van der Waals surface area contributed by atoms with Crippen molar-refractivity contribution >= 4 is 21.9 Å². The van der Waals surface area contributed by atoms with Gasteiger partial charge in [0, 0.05) is 17.2 Å². The lowest BCUT2D eigenvalue weighted by Gasteiger charge is -2.08. The Kier molecular flexibility index (Phi) is 4.04. The first-order valence-electron chi connectivity index (χ1n) is 5.81. The summed E-state index contributed by atoms with van der Waals surface area (Å²) in [6.45, 7) is 2.39. The molecule has 1 aromatic carbocycles. The van der Waals surface area contributed by atoms with E-state index in [2.05, 4.69) is 15.9 Å². The van der Waals surface area contributed by atoms with Crippen molar-refractivity contribution in [3.63, 3.8) is 0 Å². The standard InChI is InChI=1S/C14H13BrFNO2/c1-9-6-12(16)3-2-10(9)4-5-17-8-11(15)7-13(17)14(18)19/h2-3,6-8H,4-5H2,1H3,(H,18,19). The second-order valence-electron chi connectivity index (χ2n) is 4.36. The molecule has 2 rings (SSSR count). The lowest BCUT2D eigenvalue weighted by atomic mass is 10.1. The van der Waals surface area contributed by atoms with Gasteiger partial charge in [-0.25, -0.2) is 9.18 Å². The van der Waals surface area contributed by atoms with Gasteiger partial charge in [0.1, 0.15) is 11.5 Å². The average molecular weight is 326 g/mol. The fraction of sp³-hybridized carbons (Fsp3) is 0.214. The Labute approximate surface area is 118 Å². The van der Waals surface area contributed by atoms with E-state index in [1.807, 2.05) is 6.92 Å². The summed E-state index contributed by atoms with van der Waals surface area (Å²) in [6.07, 6.45) is 2.40. The molecule has 0 fully saturated rings. The summed E-state index contributed by atoms with van der Waals surface area (Å²) in [6, 6.07) is 6.22. The molecule has 5 heteroatoms. The average Bonchev–Trinajstić information content (AvgIpc) is 2.69. The van der Waals surface area contributed by atoms with Crippen LogP contribution in [0.1, 0.15) is 21.6 Å². The van der Waals surface area contributed by atoms with Gasteiger partial charge < -0.3 is 9.67 Å². The van der Waals surface area contributed by atoms with E-state index in [4.69, 9.17) is 5.11 Å². The van der Waals surface area contributed by atoms with Crippen LogP contribution in [0.15, 0.2) is 34.9 Å². The summed E-state index contributed by atoms with van der Waals surface area (Å²) in [5.41, 5.74) is 2.14. The molecule has 0 radical (unpaired) electrons. The van der Waals surface area contributed by atoms with Crippen molar-refractivity contribution in [1.82, 2.24) is 4.57 Å². The van der Waals surface area contributed by atoms with E-state index in [1.54, 1.807) is 22.9 Å².